The van der Waals surface area contributed by atoms with Crippen molar-refractivity contribution in [2.45, 2.75) is 39.5 Å². The molecule has 11 heteroatoms. The maximum absolute atomic E-state index is 14.5. The van der Waals surface area contributed by atoms with E-state index in [1.807, 2.05) is 0 Å². The Kier molecular flexibility index (Phi) is 5.79. The van der Waals surface area contributed by atoms with Crippen molar-refractivity contribution in [1.29, 1.82) is 0 Å². The van der Waals surface area contributed by atoms with Crippen molar-refractivity contribution in [3.05, 3.63) is 61.7 Å². The quantitative estimate of drug-likeness (QED) is 0.550. The number of carbonyl (C=O) groups is 2. The summed E-state index contributed by atoms with van der Waals surface area (Å²) in [6, 6.07) is 1.80. The lowest BCUT2D eigenvalue weighted by atomic mass is 10.0. The standard InChI is InChI=1S/C19H18F4N2O5/c1-9-6-12(20)13(7-11(9)16(28)30-18(3,4)10(2)26)25-15(27)8-14(19(21,22)23)24(5)17(25)29/h6-8H,1-5H3. The molecule has 0 amide bonds. The zero-order valence-electron chi connectivity index (χ0n) is 16.7. The van der Waals surface area contributed by atoms with Gasteiger partial charge in [-0.1, -0.05) is 0 Å². The number of aromatic nitrogens is 2. The molecule has 30 heavy (non-hydrogen) atoms. The minimum absolute atomic E-state index is 0.0670. The lowest BCUT2D eigenvalue weighted by Crippen LogP contribution is -2.41. The highest BCUT2D eigenvalue weighted by Crippen LogP contribution is 2.27. The van der Waals surface area contributed by atoms with Gasteiger partial charge in [0.2, 0.25) is 0 Å². The Bertz CT molecular complexity index is 1160. The molecular formula is C19H18F4N2O5. The Labute approximate surface area is 167 Å². The smallest absolute Gasteiger partial charge is 0.431 e. The number of ketones is 1. The van der Waals surface area contributed by atoms with Crippen LogP contribution >= 0.6 is 0 Å². The maximum Gasteiger partial charge on any atom is 0.431 e. The number of carbonyl (C=O) groups excluding carboxylic acids is 2. The van der Waals surface area contributed by atoms with Gasteiger partial charge in [0.1, 0.15) is 11.5 Å². The number of esters is 1. The minimum Gasteiger partial charge on any atom is -0.448 e. The van der Waals surface area contributed by atoms with Crippen LogP contribution in [0.1, 0.15) is 42.4 Å². The summed E-state index contributed by atoms with van der Waals surface area (Å²) in [6.45, 7) is 5.21. The van der Waals surface area contributed by atoms with Crippen molar-refractivity contribution in [3.63, 3.8) is 0 Å². The third kappa shape index (κ3) is 4.19. The van der Waals surface area contributed by atoms with Crippen LogP contribution in [0, 0.1) is 12.7 Å². The van der Waals surface area contributed by atoms with E-state index in [9.17, 15) is 36.7 Å². The summed E-state index contributed by atoms with van der Waals surface area (Å²) in [5.41, 5.74) is -6.83. The van der Waals surface area contributed by atoms with Gasteiger partial charge in [0.05, 0.1) is 11.3 Å². The molecule has 0 aliphatic heterocycles. The molecule has 0 aliphatic carbocycles. The molecule has 0 radical (unpaired) electrons. The number of Topliss-reactive ketones (excluding diaryl/α,β-unsaturated/α-hetero) is 1. The summed E-state index contributed by atoms with van der Waals surface area (Å²) in [6.07, 6.45) is -4.98. The van der Waals surface area contributed by atoms with Gasteiger partial charge in [-0.25, -0.2) is 18.5 Å². The van der Waals surface area contributed by atoms with Crippen molar-refractivity contribution < 1.29 is 31.9 Å². The monoisotopic (exact) mass is 430 g/mol. The highest BCUT2D eigenvalue weighted by Gasteiger charge is 2.35. The number of nitrogens with zero attached hydrogens (tertiary/aromatic N) is 2. The molecule has 0 unspecified atom stereocenters. The molecule has 2 rings (SSSR count). The van der Waals surface area contributed by atoms with Gasteiger partial charge in [0.25, 0.3) is 5.56 Å². The fourth-order valence-corrected chi connectivity index (χ4v) is 2.53. The third-order valence-corrected chi connectivity index (χ3v) is 4.56. The first-order valence-corrected chi connectivity index (χ1v) is 8.53. The van der Waals surface area contributed by atoms with Crippen LogP contribution in [0.4, 0.5) is 17.6 Å². The van der Waals surface area contributed by atoms with Crippen LogP contribution in [0.5, 0.6) is 0 Å². The lowest BCUT2D eigenvalue weighted by molar-refractivity contribution is -0.144. The minimum atomic E-state index is -4.98. The van der Waals surface area contributed by atoms with Gasteiger partial charge in [0.15, 0.2) is 11.4 Å². The van der Waals surface area contributed by atoms with E-state index in [0.717, 1.165) is 19.2 Å². The molecule has 0 aliphatic rings. The number of aryl methyl sites for hydroxylation is 1. The second-order valence-corrected chi connectivity index (χ2v) is 7.12. The molecule has 7 nitrogen and oxygen atoms in total. The van der Waals surface area contributed by atoms with E-state index in [1.165, 1.54) is 27.7 Å². The van der Waals surface area contributed by atoms with Gasteiger partial charge in [-0.05, 0) is 45.4 Å². The molecule has 0 saturated carbocycles. The van der Waals surface area contributed by atoms with E-state index in [-0.39, 0.29) is 26.3 Å². The summed E-state index contributed by atoms with van der Waals surface area (Å²) in [7, 11) is 0.776. The number of halogens is 4. The zero-order chi connectivity index (χ0) is 23.2. The summed E-state index contributed by atoms with van der Waals surface area (Å²) in [4.78, 5) is 48.7. The van der Waals surface area contributed by atoms with Crippen molar-refractivity contribution in [2.75, 3.05) is 0 Å². The number of alkyl halides is 3. The number of ether oxygens (including phenoxy) is 1. The van der Waals surface area contributed by atoms with Gasteiger partial charge in [0, 0.05) is 13.1 Å². The Morgan fingerprint density at radius 3 is 2.13 bits per heavy atom. The van der Waals surface area contributed by atoms with Gasteiger partial charge >= 0.3 is 17.8 Å². The Morgan fingerprint density at radius 2 is 1.63 bits per heavy atom. The second kappa shape index (κ2) is 7.54. The molecule has 0 fully saturated rings. The summed E-state index contributed by atoms with van der Waals surface area (Å²) in [5.74, 6) is -2.62. The SMILES string of the molecule is CC(=O)C(C)(C)OC(=O)c1cc(-n2c(=O)cc(C(F)(F)F)n(C)c2=O)c(F)cc1C. The molecule has 162 valence electrons. The maximum atomic E-state index is 14.5. The molecule has 0 N–H and O–H groups in total. The molecular weight excluding hydrogens is 412 g/mol. The van der Waals surface area contributed by atoms with E-state index >= 15 is 0 Å². The molecule has 0 saturated heterocycles. The topological polar surface area (TPSA) is 87.4 Å². The van der Waals surface area contributed by atoms with Crippen LogP contribution in [0.2, 0.25) is 0 Å². The van der Waals surface area contributed by atoms with E-state index in [0.29, 0.717) is 0 Å². The van der Waals surface area contributed by atoms with Crippen LogP contribution in [0.3, 0.4) is 0 Å². The van der Waals surface area contributed by atoms with Gasteiger partial charge < -0.3 is 4.74 Å². The molecule has 0 spiro atoms. The number of rotatable bonds is 4. The van der Waals surface area contributed by atoms with Crippen LogP contribution in [0.15, 0.2) is 27.8 Å². The van der Waals surface area contributed by atoms with E-state index in [2.05, 4.69) is 0 Å². The highest BCUT2D eigenvalue weighted by molar-refractivity contribution is 5.95. The first kappa shape index (κ1) is 23.0. The molecule has 1 aromatic carbocycles. The Hall–Kier alpha value is -3.24. The van der Waals surface area contributed by atoms with Crippen molar-refractivity contribution >= 4 is 11.8 Å². The van der Waals surface area contributed by atoms with Crippen LogP contribution in [-0.2, 0) is 22.8 Å². The molecule has 1 aromatic heterocycles. The normalized spacial score (nSPS) is 12.0. The predicted octanol–water partition coefficient (Wildman–Crippen LogP) is 2.53. The van der Waals surface area contributed by atoms with E-state index in [4.69, 9.17) is 4.74 Å². The van der Waals surface area contributed by atoms with Crippen LogP contribution in [-0.4, -0.2) is 26.5 Å². The van der Waals surface area contributed by atoms with Crippen molar-refractivity contribution in [1.82, 2.24) is 9.13 Å². The van der Waals surface area contributed by atoms with Gasteiger partial charge in [-0.3, -0.25) is 14.2 Å². The Balaban J connectivity index is 2.71. The first-order chi connectivity index (χ1) is 13.6. The van der Waals surface area contributed by atoms with Gasteiger partial charge in [-0.15, -0.1) is 0 Å². The van der Waals surface area contributed by atoms with E-state index < -0.39 is 52.0 Å². The summed E-state index contributed by atoms with van der Waals surface area (Å²) in [5, 5.41) is 0. The zero-order valence-corrected chi connectivity index (χ0v) is 16.7. The molecule has 2 aromatic rings. The average Bonchev–Trinajstić information content (AvgIpc) is 2.58. The van der Waals surface area contributed by atoms with E-state index in [1.54, 1.807) is 0 Å². The van der Waals surface area contributed by atoms with Crippen molar-refractivity contribution in [2.24, 2.45) is 7.05 Å². The Morgan fingerprint density at radius 1 is 1.07 bits per heavy atom. The average molecular weight is 430 g/mol. The number of benzene rings is 1. The lowest BCUT2D eigenvalue weighted by Gasteiger charge is -2.22. The van der Waals surface area contributed by atoms with Crippen LogP contribution in [0.25, 0.3) is 5.69 Å². The molecule has 0 bridgehead atoms. The van der Waals surface area contributed by atoms with Crippen LogP contribution < -0.4 is 11.2 Å². The molecule has 0 atom stereocenters. The summed E-state index contributed by atoms with van der Waals surface area (Å²) < 4.78 is 59.0. The molecule has 1 heterocycles. The largest absolute Gasteiger partial charge is 0.448 e. The summed E-state index contributed by atoms with van der Waals surface area (Å²) >= 11 is 0. The highest BCUT2D eigenvalue weighted by atomic mass is 19.4. The fourth-order valence-electron chi connectivity index (χ4n) is 2.53. The van der Waals surface area contributed by atoms with Crippen molar-refractivity contribution in [3.8, 4) is 5.69 Å². The number of hydrogen-bond donors (Lipinski definition) is 0. The van der Waals surface area contributed by atoms with Gasteiger partial charge in [-0.2, -0.15) is 13.2 Å². The second-order valence-electron chi connectivity index (χ2n) is 7.12. The predicted molar refractivity (Wildman–Crippen MR) is 97.2 cm³/mol. The third-order valence-electron chi connectivity index (χ3n) is 4.56. The fraction of sp³-hybridized carbons (Fsp3) is 0.368. The number of hydrogen-bond acceptors (Lipinski definition) is 5. The first-order valence-electron chi connectivity index (χ1n) is 8.53.